The molecule has 0 heterocycles. The first-order chi connectivity index (χ1) is 8.75. The van der Waals surface area contributed by atoms with Gasteiger partial charge in [-0.25, -0.2) is 0 Å². The Balaban J connectivity index is 1.49. The van der Waals surface area contributed by atoms with Crippen LogP contribution in [0.2, 0.25) is 0 Å². The molecule has 18 heavy (non-hydrogen) atoms. The highest BCUT2D eigenvalue weighted by molar-refractivity contribution is 5.74. The first-order valence-corrected chi connectivity index (χ1v) is 7.68. The quantitative estimate of drug-likeness (QED) is 0.784. The maximum Gasteiger partial charge on any atom is 0.310 e. The van der Waals surface area contributed by atoms with E-state index in [0.29, 0.717) is 24.4 Å². The second-order valence-corrected chi connectivity index (χ2v) is 6.57. The van der Waals surface area contributed by atoms with E-state index in [9.17, 15) is 4.79 Å². The van der Waals surface area contributed by atoms with Crippen molar-refractivity contribution in [1.29, 1.82) is 0 Å². The molecular weight excluding hydrogens is 226 g/mol. The fourth-order valence-electron chi connectivity index (χ4n) is 4.34. The van der Waals surface area contributed by atoms with Gasteiger partial charge in [-0.15, -0.1) is 0 Å². The topological polar surface area (TPSA) is 52.3 Å². The van der Waals surface area contributed by atoms with Crippen molar-refractivity contribution in [1.82, 2.24) is 0 Å². The van der Waals surface area contributed by atoms with E-state index in [1.807, 2.05) is 0 Å². The summed E-state index contributed by atoms with van der Waals surface area (Å²) in [5, 5.41) is 0. The molecule has 0 amide bonds. The van der Waals surface area contributed by atoms with Crippen molar-refractivity contribution in [3.05, 3.63) is 0 Å². The van der Waals surface area contributed by atoms with Gasteiger partial charge in [0.25, 0.3) is 0 Å². The smallest absolute Gasteiger partial charge is 0.310 e. The van der Waals surface area contributed by atoms with Crippen LogP contribution in [0.3, 0.4) is 0 Å². The number of esters is 1. The van der Waals surface area contributed by atoms with E-state index in [0.717, 1.165) is 6.42 Å². The Hall–Kier alpha value is -0.570. The van der Waals surface area contributed by atoms with Gasteiger partial charge in [-0.2, -0.15) is 0 Å². The molecule has 0 spiro atoms. The minimum atomic E-state index is 0.000253. The summed E-state index contributed by atoms with van der Waals surface area (Å²) >= 11 is 0. The van der Waals surface area contributed by atoms with E-state index >= 15 is 0 Å². The molecule has 0 aromatic rings. The molecule has 2 bridgehead atoms. The Morgan fingerprint density at radius 1 is 1.06 bits per heavy atom. The molecule has 3 aliphatic rings. The molecule has 0 aromatic heterocycles. The van der Waals surface area contributed by atoms with E-state index in [1.165, 1.54) is 44.9 Å². The average molecular weight is 251 g/mol. The summed E-state index contributed by atoms with van der Waals surface area (Å²) in [4.78, 5) is 12.2. The number of hydrogen-bond donors (Lipinski definition) is 1. The summed E-state index contributed by atoms with van der Waals surface area (Å²) in [6.45, 7) is 0.638. The predicted molar refractivity (Wildman–Crippen MR) is 69.8 cm³/mol. The molecule has 3 saturated carbocycles. The van der Waals surface area contributed by atoms with Crippen LogP contribution in [0.25, 0.3) is 0 Å². The SMILES string of the molecule is NC1C2CCC(C2)C1C(=O)OCC1CCCCC1. The molecular formula is C15H25NO2. The molecule has 4 unspecified atom stereocenters. The van der Waals surface area contributed by atoms with Crippen molar-refractivity contribution >= 4 is 5.97 Å². The maximum atomic E-state index is 12.2. The van der Waals surface area contributed by atoms with E-state index < -0.39 is 0 Å². The first-order valence-electron chi connectivity index (χ1n) is 7.68. The normalized spacial score (nSPS) is 40.1. The Kier molecular flexibility index (Phi) is 3.60. The lowest BCUT2D eigenvalue weighted by atomic mass is 9.85. The fourth-order valence-corrected chi connectivity index (χ4v) is 4.34. The zero-order chi connectivity index (χ0) is 12.5. The lowest BCUT2D eigenvalue weighted by Gasteiger charge is -2.27. The average Bonchev–Trinajstić information content (AvgIpc) is 2.98. The number of fused-ring (bicyclic) bond motifs is 2. The maximum absolute atomic E-state index is 12.2. The third-order valence-electron chi connectivity index (χ3n) is 5.44. The zero-order valence-corrected chi connectivity index (χ0v) is 11.1. The molecule has 0 radical (unpaired) electrons. The van der Waals surface area contributed by atoms with Crippen LogP contribution in [0.4, 0.5) is 0 Å². The predicted octanol–water partition coefficient (Wildman–Crippen LogP) is 2.48. The lowest BCUT2D eigenvalue weighted by Crippen LogP contribution is -2.41. The molecule has 3 heteroatoms. The number of carbonyl (C=O) groups excluding carboxylic acids is 1. The van der Waals surface area contributed by atoms with Gasteiger partial charge in [0.15, 0.2) is 0 Å². The number of nitrogens with two attached hydrogens (primary N) is 1. The number of ether oxygens (including phenoxy) is 1. The van der Waals surface area contributed by atoms with Crippen LogP contribution in [0.5, 0.6) is 0 Å². The third kappa shape index (κ3) is 2.29. The molecule has 3 rings (SSSR count). The Morgan fingerprint density at radius 3 is 2.44 bits per heavy atom. The second kappa shape index (κ2) is 5.20. The van der Waals surface area contributed by atoms with Crippen molar-refractivity contribution in [2.45, 2.75) is 57.4 Å². The third-order valence-corrected chi connectivity index (χ3v) is 5.44. The van der Waals surface area contributed by atoms with Crippen molar-refractivity contribution < 1.29 is 9.53 Å². The Bertz CT molecular complexity index is 310. The molecule has 3 nitrogen and oxygen atoms in total. The standard InChI is InChI=1S/C15H25NO2/c16-14-12-7-6-11(8-12)13(14)15(17)18-9-10-4-2-1-3-5-10/h10-14H,1-9,16H2. The van der Waals surface area contributed by atoms with Gasteiger partial charge in [-0.3, -0.25) is 4.79 Å². The minimum Gasteiger partial charge on any atom is -0.465 e. The van der Waals surface area contributed by atoms with Crippen molar-refractivity contribution in [2.24, 2.45) is 29.4 Å². The van der Waals surface area contributed by atoms with Crippen LogP contribution < -0.4 is 5.73 Å². The van der Waals surface area contributed by atoms with E-state index in [-0.39, 0.29) is 17.9 Å². The molecule has 0 aromatic carbocycles. The molecule has 102 valence electrons. The molecule has 3 aliphatic carbocycles. The van der Waals surface area contributed by atoms with Gasteiger partial charge in [0.2, 0.25) is 0 Å². The van der Waals surface area contributed by atoms with Gasteiger partial charge in [0.05, 0.1) is 12.5 Å². The second-order valence-electron chi connectivity index (χ2n) is 6.57. The minimum absolute atomic E-state index is 0.000253. The van der Waals surface area contributed by atoms with Gasteiger partial charge in [0, 0.05) is 6.04 Å². The van der Waals surface area contributed by atoms with E-state index in [2.05, 4.69) is 0 Å². The Morgan fingerprint density at radius 2 is 1.78 bits per heavy atom. The highest BCUT2D eigenvalue weighted by Crippen LogP contribution is 2.48. The molecule has 0 saturated heterocycles. The number of hydrogen-bond acceptors (Lipinski definition) is 3. The van der Waals surface area contributed by atoms with Crippen LogP contribution in [-0.2, 0) is 9.53 Å². The molecule has 4 atom stereocenters. The van der Waals surface area contributed by atoms with Crippen LogP contribution >= 0.6 is 0 Å². The highest BCUT2D eigenvalue weighted by atomic mass is 16.5. The van der Waals surface area contributed by atoms with Gasteiger partial charge in [-0.05, 0) is 49.9 Å². The summed E-state index contributed by atoms with van der Waals surface area (Å²) in [5.74, 6) is 1.72. The molecule has 2 N–H and O–H groups in total. The van der Waals surface area contributed by atoms with Gasteiger partial charge >= 0.3 is 5.97 Å². The van der Waals surface area contributed by atoms with Gasteiger partial charge in [-0.1, -0.05) is 19.3 Å². The summed E-state index contributed by atoms with van der Waals surface area (Å²) in [6.07, 6.45) is 9.98. The zero-order valence-electron chi connectivity index (χ0n) is 11.1. The van der Waals surface area contributed by atoms with Crippen molar-refractivity contribution in [3.63, 3.8) is 0 Å². The largest absolute Gasteiger partial charge is 0.465 e. The van der Waals surface area contributed by atoms with Gasteiger partial charge < -0.3 is 10.5 Å². The van der Waals surface area contributed by atoms with Crippen LogP contribution in [-0.4, -0.2) is 18.6 Å². The molecule has 0 aliphatic heterocycles. The number of rotatable bonds is 3. The van der Waals surface area contributed by atoms with Crippen LogP contribution in [0, 0.1) is 23.7 Å². The van der Waals surface area contributed by atoms with Crippen LogP contribution in [0.1, 0.15) is 51.4 Å². The Labute approximate surface area is 109 Å². The van der Waals surface area contributed by atoms with Gasteiger partial charge in [0.1, 0.15) is 0 Å². The summed E-state index contributed by atoms with van der Waals surface area (Å²) in [7, 11) is 0. The van der Waals surface area contributed by atoms with Crippen molar-refractivity contribution in [3.8, 4) is 0 Å². The summed E-state index contributed by atoms with van der Waals surface area (Å²) in [5.41, 5.74) is 6.17. The van der Waals surface area contributed by atoms with E-state index in [4.69, 9.17) is 10.5 Å². The monoisotopic (exact) mass is 251 g/mol. The summed E-state index contributed by atoms with van der Waals surface area (Å²) in [6, 6.07) is 0.0719. The van der Waals surface area contributed by atoms with E-state index in [1.54, 1.807) is 0 Å². The summed E-state index contributed by atoms with van der Waals surface area (Å²) < 4.78 is 5.57. The van der Waals surface area contributed by atoms with Crippen LogP contribution in [0.15, 0.2) is 0 Å². The highest BCUT2D eigenvalue weighted by Gasteiger charge is 2.49. The molecule has 3 fully saturated rings. The number of carbonyl (C=O) groups is 1. The fraction of sp³-hybridized carbons (Fsp3) is 0.933. The van der Waals surface area contributed by atoms with Crippen molar-refractivity contribution in [2.75, 3.05) is 6.61 Å². The first kappa shape index (κ1) is 12.5. The lowest BCUT2D eigenvalue weighted by molar-refractivity contribution is -0.152.